The summed E-state index contributed by atoms with van der Waals surface area (Å²) in [5.41, 5.74) is 2.45. The summed E-state index contributed by atoms with van der Waals surface area (Å²) in [5.74, 6) is -0.433. The fourth-order valence-corrected chi connectivity index (χ4v) is 4.90. The molecule has 0 spiro atoms. The molecule has 33 heavy (non-hydrogen) atoms. The van der Waals surface area contributed by atoms with Crippen molar-refractivity contribution in [3.8, 4) is 0 Å². The molecule has 0 unspecified atom stereocenters. The monoisotopic (exact) mass is 473 g/mol. The predicted octanol–water partition coefficient (Wildman–Crippen LogP) is 6.42. The van der Waals surface area contributed by atoms with Crippen LogP contribution in [0.3, 0.4) is 0 Å². The summed E-state index contributed by atoms with van der Waals surface area (Å²) >= 11 is 0. The minimum atomic E-state index is -4.93. The molecule has 2 N–H and O–H groups in total. The molecule has 0 saturated heterocycles. The van der Waals surface area contributed by atoms with E-state index in [4.69, 9.17) is 10.5 Å². The number of hydrogen-bond acceptors (Lipinski definition) is 2. The highest BCUT2D eigenvalue weighted by Crippen LogP contribution is 2.57. The van der Waals surface area contributed by atoms with Crippen molar-refractivity contribution in [3.63, 3.8) is 0 Å². The molecule has 1 atom stereocenters. The zero-order chi connectivity index (χ0) is 24.7. The molecule has 0 bridgehead atoms. The third-order valence-corrected chi connectivity index (χ3v) is 6.21. The lowest BCUT2D eigenvalue weighted by molar-refractivity contribution is -0.143. The van der Waals surface area contributed by atoms with Gasteiger partial charge in [0.25, 0.3) is 0 Å². The number of rotatable bonds is 7. The lowest BCUT2D eigenvalue weighted by Gasteiger charge is -2.55. The van der Waals surface area contributed by atoms with Crippen LogP contribution >= 0.6 is 0 Å². The van der Waals surface area contributed by atoms with Gasteiger partial charge in [0, 0.05) is 11.8 Å². The summed E-state index contributed by atoms with van der Waals surface area (Å²) in [5, 5.41) is 0. The van der Waals surface area contributed by atoms with E-state index >= 15 is 0 Å². The van der Waals surface area contributed by atoms with E-state index in [1.54, 1.807) is 0 Å². The smallest absolute Gasteiger partial charge is 0.373 e. The largest absolute Gasteiger partial charge is 0.416 e. The molecule has 180 valence electrons. The van der Waals surface area contributed by atoms with Gasteiger partial charge in [-0.3, -0.25) is 4.79 Å². The minimum absolute atomic E-state index is 0.0735. The van der Waals surface area contributed by atoms with Crippen LogP contribution in [0.5, 0.6) is 0 Å². The molecular formula is C24H25F6NO2. The van der Waals surface area contributed by atoms with Crippen molar-refractivity contribution in [1.82, 2.24) is 0 Å². The van der Waals surface area contributed by atoms with Crippen molar-refractivity contribution in [2.75, 3.05) is 6.61 Å². The third kappa shape index (κ3) is 5.69. The summed E-state index contributed by atoms with van der Waals surface area (Å²) in [7, 11) is 0. The highest BCUT2D eigenvalue weighted by molar-refractivity contribution is 5.74. The maximum atomic E-state index is 13.2. The molecule has 1 aliphatic carbocycles. The van der Waals surface area contributed by atoms with E-state index in [-0.39, 0.29) is 30.1 Å². The number of hydrogen-bond donors (Lipinski definition) is 1. The molecule has 1 aliphatic rings. The number of benzene rings is 2. The molecule has 0 aromatic heterocycles. The topological polar surface area (TPSA) is 52.3 Å². The van der Waals surface area contributed by atoms with Crippen molar-refractivity contribution in [2.24, 2.45) is 11.1 Å². The Morgan fingerprint density at radius 2 is 1.52 bits per heavy atom. The second-order valence-electron chi connectivity index (χ2n) is 9.25. The van der Waals surface area contributed by atoms with Gasteiger partial charge in [0.05, 0.1) is 23.8 Å². The van der Waals surface area contributed by atoms with E-state index in [2.05, 4.69) is 0 Å². The first-order chi connectivity index (χ1) is 15.1. The van der Waals surface area contributed by atoms with Gasteiger partial charge in [-0.25, -0.2) is 0 Å². The van der Waals surface area contributed by atoms with E-state index in [0.717, 1.165) is 5.56 Å². The summed E-state index contributed by atoms with van der Waals surface area (Å²) in [4.78, 5) is 11.4. The van der Waals surface area contributed by atoms with Crippen molar-refractivity contribution in [2.45, 2.75) is 57.0 Å². The summed E-state index contributed by atoms with van der Waals surface area (Å²) in [6, 6.07) is 10.8. The standard InChI is InChI=1S/C24H25F6NO2/c1-15(16-8-18(23(25,26)27)10-19(9-16)24(28,29)30)33-14-22(17-6-4-3-5-7-17)12-21(2,13-22)11-20(31)32/h3-10,15H,11-14H2,1-2H3,(H2,31,32)/t15-,21?,22?/m1/s1. The number of nitrogens with two attached hydrogens (primary N) is 1. The Morgan fingerprint density at radius 3 is 1.97 bits per heavy atom. The van der Waals surface area contributed by atoms with Crippen LogP contribution in [0.15, 0.2) is 48.5 Å². The highest BCUT2D eigenvalue weighted by atomic mass is 19.4. The van der Waals surface area contributed by atoms with Gasteiger partial charge in [0.1, 0.15) is 0 Å². The van der Waals surface area contributed by atoms with Crippen molar-refractivity contribution < 1.29 is 35.9 Å². The number of primary amides is 1. The summed E-state index contributed by atoms with van der Waals surface area (Å²) in [6.07, 6.45) is -9.58. The molecule has 2 aromatic rings. The van der Waals surface area contributed by atoms with Crippen LogP contribution in [-0.2, 0) is 27.3 Å². The molecule has 3 nitrogen and oxygen atoms in total. The average molecular weight is 473 g/mol. The fraction of sp³-hybridized carbons (Fsp3) is 0.458. The lowest BCUT2D eigenvalue weighted by Crippen LogP contribution is -2.52. The van der Waals surface area contributed by atoms with Gasteiger partial charge in [0.2, 0.25) is 5.91 Å². The second-order valence-corrected chi connectivity index (χ2v) is 9.25. The predicted molar refractivity (Wildman–Crippen MR) is 110 cm³/mol. The molecule has 0 heterocycles. The molecule has 2 aromatic carbocycles. The number of carbonyl (C=O) groups excluding carboxylic acids is 1. The SMILES string of the molecule is C[C@@H](OCC1(c2ccccc2)CC(C)(CC(N)=O)C1)c1cc(C(F)(F)F)cc(C(F)(F)F)c1. The van der Waals surface area contributed by atoms with E-state index in [0.29, 0.717) is 25.0 Å². The Balaban J connectivity index is 1.86. The van der Waals surface area contributed by atoms with Crippen molar-refractivity contribution >= 4 is 5.91 Å². The van der Waals surface area contributed by atoms with Crippen LogP contribution in [0.25, 0.3) is 0 Å². The summed E-state index contributed by atoms with van der Waals surface area (Å²) in [6.45, 7) is 3.42. The quantitative estimate of drug-likeness (QED) is 0.472. The zero-order valence-corrected chi connectivity index (χ0v) is 18.2. The van der Waals surface area contributed by atoms with Crippen molar-refractivity contribution in [3.05, 3.63) is 70.8 Å². The third-order valence-electron chi connectivity index (χ3n) is 6.21. The van der Waals surface area contributed by atoms with Gasteiger partial charge < -0.3 is 10.5 Å². The summed E-state index contributed by atoms with van der Waals surface area (Å²) < 4.78 is 85.1. The van der Waals surface area contributed by atoms with Gasteiger partial charge in [-0.2, -0.15) is 26.3 Å². The highest BCUT2D eigenvalue weighted by Gasteiger charge is 2.53. The van der Waals surface area contributed by atoms with E-state index in [1.807, 2.05) is 37.3 Å². The lowest BCUT2D eigenvalue weighted by atomic mass is 9.50. The number of ether oxygens (including phenoxy) is 1. The molecule has 9 heteroatoms. The van der Waals surface area contributed by atoms with Crippen molar-refractivity contribution in [1.29, 1.82) is 0 Å². The van der Waals surface area contributed by atoms with Crippen LogP contribution < -0.4 is 5.73 Å². The Kier molecular flexibility index (Phi) is 6.59. The molecule has 1 amide bonds. The number of alkyl halides is 6. The van der Waals surface area contributed by atoms with Crippen LogP contribution in [0.1, 0.15) is 61.5 Å². The van der Waals surface area contributed by atoms with E-state index < -0.39 is 40.9 Å². The Bertz CT molecular complexity index is 962. The number of halogens is 6. The van der Waals surface area contributed by atoms with E-state index in [1.165, 1.54) is 6.92 Å². The molecule has 3 rings (SSSR count). The van der Waals surface area contributed by atoms with Gasteiger partial charge in [-0.1, -0.05) is 37.3 Å². The van der Waals surface area contributed by atoms with E-state index in [9.17, 15) is 31.1 Å². The Hall–Kier alpha value is -2.55. The zero-order valence-electron chi connectivity index (χ0n) is 18.2. The first kappa shape index (κ1) is 25.1. The maximum absolute atomic E-state index is 13.2. The average Bonchev–Trinajstić information content (AvgIpc) is 2.68. The van der Waals surface area contributed by atoms with Crippen LogP contribution in [0, 0.1) is 5.41 Å². The Morgan fingerprint density at radius 1 is 1.00 bits per heavy atom. The van der Waals surface area contributed by atoms with Gasteiger partial charge in [-0.15, -0.1) is 0 Å². The minimum Gasteiger partial charge on any atom is -0.373 e. The fourth-order valence-electron chi connectivity index (χ4n) is 4.90. The van der Waals surface area contributed by atoms with Gasteiger partial charge >= 0.3 is 12.4 Å². The van der Waals surface area contributed by atoms with Gasteiger partial charge in [-0.05, 0) is 54.5 Å². The molecule has 0 aliphatic heterocycles. The first-order valence-corrected chi connectivity index (χ1v) is 10.4. The molecule has 1 saturated carbocycles. The normalized spacial score (nSPS) is 24.2. The molecule has 0 radical (unpaired) electrons. The first-order valence-electron chi connectivity index (χ1n) is 10.4. The maximum Gasteiger partial charge on any atom is 0.416 e. The molecule has 1 fully saturated rings. The van der Waals surface area contributed by atoms with Crippen LogP contribution in [0.4, 0.5) is 26.3 Å². The molecular weight excluding hydrogens is 448 g/mol. The van der Waals surface area contributed by atoms with Crippen LogP contribution in [0.2, 0.25) is 0 Å². The second kappa shape index (κ2) is 8.66. The van der Waals surface area contributed by atoms with Crippen LogP contribution in [-0.4, -0.2) is 12.5 Å². The number of carbonyl (C=O) groups is 1. The Labute approximate surface area is 187 Å². The van der Waals surface area contributed by atoms with Gasteiger partial charge in [0.15, 0.2) is 0 Å². The number of amides is 1.